The zero-order valence-electron chi connectivity index (χ0n) is 10.2. The van der Waals surface area contributed by atoms with E-state index in [-0.39, 0.29) is 17.3 Å². The van der Waals surface area contributed by atoms with Crippen LogP contribution in [0.2, 0.25) is 0 Å². The van der Waals surface area contributed by atoms with Gasteiger partial charge in [0, 0.05) is 0 Å². The Kier molecular flexibility index (Phi) is 3.89. The molecule has 4 heteroatoms. The Morgan fingerprint density at radius 3 is 2.53 bits per heavy atom. The van der Waals surface area contributed by atoms with Gasteiger partial charge in [-0.3, -0.25) is 4.79 Å². The van der Waals surface area contributed by atoms with Gasteiger partial charge in [-0.05, 0) is 38.5 Å². The summed E-state index contributed by atoms with van der Waals surface area (Å²) in [6.45, 7) is 5.47. The molecule has 0 spiro atoms. The first-order valence-corrected chi connectivity index (χ1v) is 5.42. The molecule has 0 heterocycles. The van der Waals surface area contributed by atoms with Gasteiger partial charge in [0.05, 0.1) is 11.0 Å². The number of esters is 1. The van der Waals surface area contributed by atoms with Gasteiger partial charge < -0.3 is 9.84 Å². The zero-order valence-corrected chi connectivity index (χ0v) is 10.2. The number of carbonyl (C=O) groups is 2. The minimum absolute atomic E-state index is 0.101. The van der Waals surface area contributed by atoms with Crippen molar-refractivity contribution < 1.29 is 19.4 Å². The first kappa shape index (κ1) is 13.2. The van der Waals surface area contributed by atoms with Gasteiger partial charge in [-0.25, -0.2) is 4.79 Å². The molecule has 0 fully saturated rings. The van der Waals surface area contributed by atoms with Gasteiger partial charge in [-0.15, -0.1) is 0 Å². The third kappa shape index (κ3) is 3.31. The molecule has 92 valence electrons. The van der Waals surface area contributed by atoms with E-state index in [9.17, 15) is 9.59 Å². The molecule has 1 aromatic rings. The molecule has 0 aliphatic carbocycles. The number of benzene rings is 1. The molecule has 4 nitrogen and oxygen atoms in total. The maximum Gasteiger partial charge on any atom is 0.335 e. The van der Waals surface area contributed by atoms with Crippen LogP contribution < -0.4 is 4.74 Å². The number of aromatic carboxylic acids is 1. The van der Waals surface area contributed by atoms with E-state index < -0.39 is 11.4 Å². The lowest BCUT2D eigenvalue weighted by Crippen LogP contribution is -2.28. The van der Waals surface area contributed by atoms with Crippen LogP contribution in [0.5, 0.6) is 5.75 Å². The van der Waals surface area contributed by atoms with E-state index >= 15 is 0 Å². The van der Waals surface area contributed by atoms with Crippen molar-refractivity contribution in [1.82, 2.24) is 0 Å². The molecule has 1 aromatic carbocycles. The summed E-state index contributed by atoms with van der Waals surface area (Å²) in [4.78, 5) is 22.5. The minimum Gasteiger partial charge on any atom is -0.478 e. The van der Waals surface area contributed by atoms with Gasteiger partial charge in [0.1, 0.15) is 5.75 Å². The van der Waals surface area contributed by atoms with Crippen molar-refractivity contribution in [2.24, 2.45) is 5.41 Å². The Hall–Kier alpha value is -1.84. The molecule has 0 atom stereocenters. The molecule has 0 saturated heterocycles. The third-order valence-corrected chi connectivity index (χ3v) is 2.73. The van der Waals surface area contributed by atoms with Crippen molar-refractivity contribution in [3.63, 3.8) is 0 Å². The highest BCUT2D eigenvalue weighted by molar-refractivity contribution is 5.88. The van der Waals surface area contributed by atoms with Crippen LogP contribution in [0.25, 0.3) is 0 Å². The molecule has 0 radical (unpaired) electrons. The maximum atomic E-state index is 11.8. The molecule has 0 amide bonds. The molecular weight excluding hydrogens is 220 g/mol. The van der Waals surface area contributed by atoms with Crippen LogP contribution in [0.3, 0.4) is 0 Å². The smallest absolute Gasteiger partial charge is 0.335 e. The molecule has 0 aliphatic heterocycles. The van der Waals surface area contributed by atoms with E-state index in [1.807, 2.05) is 6.92 Å². The normalized spacial score (nSPS) is 11.0. The van der Waals surface area contributed by atoms with E-state index in [1.54, 1.807) is 26.0 Å². The quantitative estimate of drug-likeness (QED) is 0.645. The monoisotopic (exact) mass is 236 g/mol. The Morgan fingerprint density at radius 2 is 2.00 bits per heavy atom. The van der Waals surface area contributed by atoms with Crippen molar-refractivity contribution in [2.45, 2.75) is 27.2 Å². The summed E-state index contributed by atoms with van der Waals surface area (Å²) in [6, 6.07) is 5.90. The molecule has 1 rings (SSSR count). The number of carboxylic acids is 1. The fourth-order valence-corrected chi connectivity index (χ4v) is 1.08. The molecule has 0 aromatic heterocycles. The second-order valence-corrected chi connectivity index (χ2v) is 4.46. The minimum atomic E-state index is -1.04. The van der Waals surface area contributed by atoms with Crippen LogP contribution in [0, 0.1) is 5.41 Å². The van der Waals surface area contributed by atoms with Crippen LogP contribution in [0.15, 0.2) is 24.3 Å². The van der Waals surface area contributed by atoms with E-state index in [1.165, 1.54) is 12.1 Å². The molecule has 0 saturated carbocycles. The summed E-state index contributed by atoms with van der Waals surface area (Å²) in [6.07, 6.45) is 0.657. The average Bonchev–Trinajstić information content (AvgIpc) is 2.29. The molecule has 0 bridgehead atoms. The van der Waals surface area contributed by atoms with Crippen LogP contribution >= 0.6 is 0 Å². The summed E-state index contributed by atoms with van der Waals surface area (Å²) in [5.41, 5.74) is -0.469. The Balaban J connectivity index is 2.86. The first-order valence-electron chi connectivity index (χ1n) is 5.42. The van der Waals surface area contributed by atoms with Crippen molar-refractivity contribution in [3.8, 4) is 5.75 Å². The van der Waals surface area contributed by atoms with Gasteiger partial charge in [-0.2, -0.15) is 0 Å². The number of hydrogen-bond acceptors (Lipinski definition) is 3. The van der Waals surface area contributed by atoms with Crippen LogP contribution in [-0.4, -0.2) is 17.0 Å². The lowest BCUT2D eigenvalue weighted by atomic mass is 9.91. The highest BCUT2D eigenvalue weighted by atomic mass is 16.5. The Bertz CT molecular complexity index is 435. The highest BCUT2D eigenvalue weighted by Crippen LogP contribution is 2.24. The van der Waals surface area contributed by atoms with Crippen molar-refractivity contribution >= 4 is 11.9 Å². The highest BCUT2D eigenvalue weighted by Gasteiger charge is 2.27. The lowest BCUT2D eigenvalue weighted by Gasteiger charge is -2.20. The Labute approximate surface area is 100 Å². The summed E-state index contributed by atoms with van der Waals surface area (Å²) in [7, 11) is 0. The Morgan fingerprint density at radius 1 is 1.35 bits per heavy atom. The average molecular weight is 236 g/mol. The number of ether oxygens (including phenoxy) is 1. The number of rotatable bonds is 4. The zero-order chi connectivity index (χ0) is 13.1. The number of carbonyl (C=O) groups excluding carboxylic acids is 1. The first-order chi connectivity index (χ1) is 7.86. The predicted octanol–water partition coefficient (Wildman–Crippen LogP) is 2.73. The summed E-state index contributed by atoms with van der Waals surface area (Å²) in [5, 5.41) is 8.81. The third-order valence-electron chi connectivity index (χ3n) is 2.73. The summed E-state index contributed by atoms with van der Waals surface area (Å²) >= 11 is 0. The van der Waals surface area contributed by atoms with E-state index in [0.717, 1.165) is 0 Å². The topological polar surface area (TPSA) is 63.6 Å². The van der Waals surface area contributed by atoms with Gasteiger partial charge in [0.15, 0.2) is 0 Å². The second-order valence-electron chi connectivity index (χ2n) is 4.46. The van der Waals surface area contributed by atoms with E-state index in [2.05, 4.69) is 0 Å². The summed E-state index contributed by atoms with van der Waals surface area (Å²) in [5.74, 6) is -1.14. The fraction of sp³-hybridized carbons (Fsp3) is 0.385. The van der Waals surface area contributed by atoms with Crippen molar-refractivity contribution in [2.75, 3.05) is 0 Å². The van der Waals surface area contributed by atoms with Gasteiger partial charge >= 0.3 is 11.9 Å². The van der Waals surface area contributed by atoms with Crippen LogP contribution in [-0.2, 0) is 4.79 Å². The molecule has 17 heavy (non-hydrogen) atoms. The van der Waals surface area contributed by atoms with Gasteiger partial charge in [-0.1, -0.05) is 13.0 Å². The van der Waals surface area contributed by atoms with Gasteiger partial charge in [0.2, 0.25) is 0 Å². The van der Waals surface area contributed by atoms with E-state index in [4.69, 9.17) is 9.84 Å². The fourth-order valence-electron chi connectivity index (χ4n) is 1.08. The lowest BCUT2D eigenvalue weighted by molar-refractivity contribution is -0.144. The molecule has 1 N–H and O–H groups in total. The second kappa shape index (κ2) is 4.99. The largest absolute Gasteiger partial charge is 0.478 e. The molecular formula is C13H16O4. The van der Waals surface area contributed by atoms with Crippen molar-refractivity contribution in [3.05, 3.63) is 29.8 Å². The van der Waals surface area contributed by atoms with Crippen molar-refractivity contribution in [1.29, 1.82) is 0 Å². The predicted molar refractivity (Wildman–Crippen MR) is 63.1 cm³/mol. The van der Waals surface area contributed by atoms with Crippen LogP contribution in [0.4, 0.5) is 0 Å². The molecule has 0 unspecified atom stereocenters. The van der Waals surface area contributed by atoms with Gasteiger partial charge in [0.25, 0.3) is 0 Å². The standard InChI is InChI=1S/C13H16O4/c1-4-13(2,3)12(16)17-10-7-5-6-9(8-10)11(14)15/h5-8H,4H2,1-3H3,(H,14,15). The molecule has 0 aliphatic rings. The maximum absolute atomic E-state index is 11.8. The van der Waals surface area contributed by atoms with E-state index in [0.29, 0.717) is 6.42 Å². The van der Waals surface area contributed by atoms with Crippen LogP contribution in [0.1, 0.15) is 37.6 Å². The summed E-state index contributed by atoms with van der Waals surface area (Å²) < 4.78 is 5.16. The number of hydrogen-bond donors (Lipinski definition) is 1. The SMILES string of the molecule is CCC(C)(C)C(=O)Oc1cccc(C(=O)O)c1. The number of carboxylic acid groups (broad SMARTS) is 1.